The van der Waals surface area contributed by atoms with Crippen molar-refractivity contribution in [1.29, 1.82) is 0 Å². The average Bonchev–Trinajstić information content (AvgIpc) is 3.49. The lowest BCUT2D eigenvalue weighted by Gasteiger charge is -2.07. The molecule has 0 aliphatic heterocycles. The van der Waals surface area contributed by atoms with E-state index < -0.39 is 0 Å². The standard InChI is InChI=1S/C20H17N7O/c1-13-23-19(26-24-13)12-14-2-4-15(5-3-14)27-11-10-21-20(27)18-7-6-17(28-18)16-8-9-22-25-16/h2-11H,12H2,1H3,(H,22,25)(H,23,24,26). The summed E-state index contributed by atoms with van der Waals surface area (Å²) < 4.78 is 7.96. The van der Waals surface area contributed by atoms with Gasteiger partial charge in [-0.15, -0.1) is 0 Å². The molecule has 0 bridgehead atoms. The summed E-state index contributed by atoms with van der Waals surface area (Å²) in [5, 5.41) is 13.9. The maximum Gasteiger partial charge on any atom is 0.180 e. The second-order valence-electron chi connectivity index (χ2n) is 6.44. The van der Waals surface area contributed by atoms with E-state index in [0.29, 0.717) is 12.2 Å². The predicted molar refractivity (Wildman–Crippen MR) is 103 cm³/mol. The zero-order valence-corrected chi connectivity index (χ0v) is 15.1. The molecule has 5 aromatic rings. The fourth-order valence-electron chi connectivity index (χ4n) is 3.12. The van der Waals surface area contributed by atoms with Crippen LogP contribution < -0.4 is 0 Å². The maximum absolute atomic E-state index is 5.97. The van der Waals surface area contributed by atoms with Crippen molar-refractivity contribution in [3.63, 3.8) is 0 Å². The first-order valence-corrected chi connectivity index (χ1v) is 8.87. The molecule has 4 aromatic heterocycles. The van der Waals surface area contributed by atoms with Gasteiger partial charge in [0.15, 0.2) is 23.2 Å². The summed E-state index contributed by atoms with van der Waals surface area (Å²) in [4.78, 5) is 8.82. The third-order valence-corrected chi connectivity index (χ3v) is 4.45. The zero-order valence-electron chi connectivity index (χ0n) is 15.1. The normalized spacial score (nSPS) is 11.2. The largest absolute Gasteiger partial charge is 0.451 e. The molecule has 0 amide bonds. The first kappa shape index (κ1) is 16.2. The van der Waals surface area contributed by atoms with Crippen molar-refractivity contribution in [2.75, 3.05) is 0 Å². The van der Waals surface area contributed by atoms with Crippen LogP contribution in [0.4, 0.5) is 0 Å². The lowest BCUT2D eigenvalue weighted by atomic mass is 10.1. The number of nitrogens with zero attached hydrogens (tertiary/aromatic N) is 5. The summed E-state index contributed by atoms with van der Waals surface area (Å²) >= 11 is 0. The highest BCUT2D eigenvalue weighted by atomic mass is 16.3. The molecule has 0 saturated carbocycles. The van der Waals surface area contributed by atoms with Gasteiger partial charge in [-0.1, -0.05) is 12.1 Å². The van der Waals surface area contributed by atoms with Crippen LogP contribution in [0.2, 0.25) is 0 Å². The topological polar surface area (TPSA) is 101 Å². The van der Waals surface area contributed by atoms with Crippen molar-refractivity contribution in [1.82, 2.24) is 34.9 Å². The van der Waals surface area contributed by atoms with Crippen molar-refractivity contribution < 1.29 is 4.42 Å². The van der Waals surface area contributed by atoms with Crippen molar-refractivity contribution >= 4 is 0 Å². The highest BCUT2D eigenvalue weighted by molar-refractivity contribution is 5.59. The van der Waals surface area contributed by atoms with Crippen LogP contribution in [-0.2, 0) is 6.42 Å². The zero-order chi connectivity index (χ0) is 18.9. The molecule has 0 saturated heterocycles. The molecule has 0 atom stereocenters. The van der Waals surface area contributed by atoms with Crippen LogP contribution in [0.5, 0.6) is 0 Å². The van der Waals surface area contributed by atoms with Crippen LogP contribution in [0.1, 0.15) is 17.2 Å². The second-order valence-corrected chi connectivity index (χ2v) is 6.44. The Morgan fingerprint density at radius 1 is 0.964 bits per heavy atom. The van der Waals surface area contributed by atoms with E-state index in [1.54, 1.807) is 12.4 Å². The average molecular weight is 371 g/mol. The number of hydrogen-bond acceptors (Lipinski definition) is 5. The van der Waals surface area contributed by atoms with Gasteiger partial charge in [0.2, 0.25) is 0 Å². The third kappa shape index (κ3) is 3.01. The Balaban J connectivity index is 1.41. The Morgan fingerprint density at radius 3 is 2.57 bits per heavy atom. The van der Waals surface area contributed by atoms with Crippen LogP contribution in [0.25, 0.3) is 28.7 Å². The highest BCUT2D eigenvalue weighted by Gasteiger charge is 2.14. The Hall–Kier alpha value is -3.94. The third-order valence-electron chi connectivity index (χ3n) is 4.45. The molecule has 0 fully saturated rings. The van der Waals surface area contributed by atoms with Gasteiger partial charge in [0.05, 0.1) is 0 Å². The van der Waals surface area contributed by atoms with E-state index >= 15 is 0 Å². The van der Waals surface area contributed by atoms with Gasteiger partial charge < -0.3 is 4.42 Å². The Kier molecular flexibility index (Phi) is 3.86. The summed E-state index contributed by atoms with van der Waals surface area (Å²) in [5.41, 5.74) is 2.97. The molecule has 0 radical (unpaired) electrons. The van der Waals surface area contributed by atoms with Crippen LogP contribution in [-0.4, -0.2) is 34.9 Å². The van der Waals surface area contributed by atoms with Crippen LogP contribution >= 0.6 is 0 Å². The van der Waals surface area contributed by atoms with Crippen molar-refractivity contribution in [2.24, 2.45) is 0 Å². The van der Waals surface area contributed by atoms with Gasteiger partial charge in [0.25, 0.3) is 0 Å². The van der Waals surface area contributed by atoms with Gasteiger partial charge in [-0.3, -0.25) is 14.8 Å². The number of H-pyrrole nitrogens is 2. The molecule has 28 heavy (non-hydrogen) atoms. The monoisotopic (exact) mass is 371 g/mol. The predicted octanol–water partition coefficient (Wildman–Crippen LogP) is 3.54. The van der Waals surface area contributed by atoms with Gasteiger partial charge in [-0.2, -0.15) is 10.2 Å². The van der Waals surface area contributed by atoms with Crippen LogP contribution in [0.15, 0.2) is 65.5 Å². The van der Waals surface area contributed by atoms with Crippen molar-refractivity contribution in [3.8, 4) is 28.7 Å². The van der Waals surface area contributed by atoms with Gasteiger partial charge in [0.1, 0.15) is 11.5 Å². The van der Waals surface area contributed by atoms with E-state index in [-0.39, 0.29) is 0 Å². The molecule has 0 spiro atoms. The summed E-state index contributed by atoms with van der Waals surface area (Å²) in [6, 6.07) is 13.9. The molecular formula is C20H17N7O. The number of aromatic amines is 2. The molecule has 0 unspecified atom stereocenters. The minimum atomic E-state index is 0.688. The lowest BCUT2D eigenvalue weighted by Crippen LogP contribution is -1.97. The number of furan rings is 1. The molecule has 0 aliphatic carbocycles. The Bertz CT molecular complexity index is 1200. The minimum absolute atomic E-state index is 0.688. The van der Waals surface area contributed by atoms with E-state index in [9.17, 15) is 0 Å². The molecule has 8 nitrogen and oxygen atoms in total. The van der Waals surface area contributed by atoms with Gasteiger partial charge in [-0.05, 0) is 42.8 Å². The van der Waals surface area contributed by atoms with Gasteiger partial charge >= 0.3 is 0 Å². The summed E-state index contributed by atoms with van der Waals surface area (Å²) in [6.07, 6.45) is 6.06. The first-order chi connectivity index (χ1) is 13.8. The molecular weight excluding hydrogens is 354 g/mol. The van der Waals surface area contributed by atoms with E-state index in [4.69, 9.17) is 4.42 Å². The molecule has 0 aliphatic rings. The van der Waals surface area contributed by atoms with Crippen LogP contribution in [0, 0.1) is 6.92 Å². The fourth-order valence-corrected chi connectivity index (χ4v) is 3.12. The number of aryl methyl sites for hydroxylation is 1. The molecule has 138 valence electrons. The SMILES string of the molecule is Cc1nc(Cc2ccc(-n3ccnc3-c3ccc(-c4ccn[nH]4)o3)cc2)n[nH]1. The van der Waals surface area contributed by atoms with Gasteiger partial charge in [-0.25, -0.2) is 9.97 Å². The number of benzene rings is 1. The second kappa shape index (κ2) is 6.66. The maximum atomic E-state index is 5.97. The van der Waals surface area contributed by atoms with Crippen molar-refractivity contribution in [3.05, 3.63) is 78.3 Å². The van der Waals surface area contributed by atoms with E-state index in [1.165, 1.54) is 0 Å². The van der Waals surface area contributed by atoms with Crippen LogP contribution in [0.3, 0.4) is 0 Å². The highest BCUT2D eigenvalue weighted by Crippen LogP contribution is 2.28. The molecule has 5 rings (SSSR count). The molecule has 2 N–H and O–H groups in total. The quantitative estimate of drug-likeness (QED) is 0.492. The Labute approximate surface area is 160 Å². The van der Waals surface area contributed by atoms with Gasteiger partial charge in [0, 0.05) is 30.7 Å². The number of imidazole rings is 1. The summed E-state index contributed by atoms with van der Waals surface area (Å²) in [7, 11) is 0. The number of rotatable bonds is 5. The minimum Gasteiger partial charge on any atom is -0.451 e. The molecule has 8 heteroatoms. The fraction of sp³-hybridized carbons (Fsp3) is 0.100. The van der Waals surface area contributed by atoms with E-state index in [2.05, 4.69) is 54.6 Å². The smallest absolute Gasteiger partial charge is 0.180 e. The molecule has 4 heterocycles. The van der Waals surface area contributed by atoms with E-state index in [1.807, 2.05) is 35.9 Å². The molecule has 1 aromatic carbocycles. The summed E-state index contributed by atoms with van der Waals surface area (Å²) in [6.45, 7) is 1.90. The first-order valence-electron chi connectivity index (χ1n) is 8.87. The van der Waals surface area contributed by atoms with E-state index in [0.717, 1.165) is 40.2 Å². The summed E-state index contributed by atoms with van der Waals surface area (Å²) in [5.74, 6) is 3.76. The number of aromatic nitrogens is 7. The van der Waals surface area contributed by atoms with Crippen molar-refractivity contribution in [2.45, 2.75) is 13.3 Å². The lowest BCUT2D eigenvalue weighted by molar-refractivity contribution is 0.588. The Morgan fingerprint density at radius 2 is 1.82 bits per heavy atom. The number of hydrogen-bond donors (Lipinski definition) is 2. The number of nitrogens with one attached hydrogen (secondary N) is 2.